The van der Waals surface area contributed by atoms with E-state index in [-0.39, 0.29) is 5.56 Å². The Kier molecular flexibility index (Phi) is 5.76. The van der Waals surface area contributed by atoms with Gasteiger partial charge in [0.1, 0.15) is 4.47 Å². The Balaban J connectivity index is 2.01. The lowest BCUT2D eigenvalue weighted by atomic mass is 10.1. The Labute approximate surface area is 126 Å². The third-order valence-corrected chi connectivity index (χ3v) is 5.31. The van der Waals surface area contributed by atoms with Crippen molar-refractivity contribution in [3.63, 3.8) is 0 Å². The maximum absolute atomic E-state index is 12.1. The minimum atomic E-state index is -0.0424. The second kappa shape index (κ2) is 7.33. The van der Waals surface area contributed by atoms with Crippen LogP contribution < -0.4 is 10.9 Å². The van der Waals surface area contributed by atoms with Crippen LogP contribution in [0, 0.1) is 5.92 Å². The monoisotopic (exact) mass is 345 g/mol. The Hall–Kier alpha value is -0.490. The van der Waals surface area contributed by atoms with E-state index >= 15 is 0 Å². The highest BCUT2D eigenvalue weighted by Gasteiger charge is 2.16. The van der Waals surface area contributed by atoms with E-state index in [0.717, 1.165) is 25.1 Å². The first-order chi connectivity index (χ1) is 9.22. The average Bonchev–Trinajstić information content (AvgIpc) is 2.92. The molecule has 1 N–H and O–H groups in total. The number of halogens is 1. The van der Waals surface area contributed by atoms with Gasteiger partial charge in [0, 0.05) is 13.1 Å². The number of nitrogens with zero attached hydrogens (tertiary/aromatic N) is 2. The van der Waals surface area contributed by atoms with Crippen LogP contribution in [0.4, 0.5) is 5.69 Å². The largest absolute Gasteiger partial charge is 0.382 e. The molecule has 1 aromatic heterocycles. The molecule has 0 amide bonds. The van der Waals surface area contributed by atoms with Crippen LogP contribution in [0.25, 0.3) is 0 Å². The van der Waals surface area contributed by atoms with Crippen LogP contribution in [0.5, 0.6) is 0 Å². The van der Waals surface area contributed by atoms with Crippen molar-refractivity contribution < 1.29 is 0 Å². The zero-order chi connectivity index (χ0) is 13.7. The number of rotatable bonds is 6. The molecule has 19 heavy (non-hydrogen) atoms. The lowest BCUT2D eigenvalue weighted by Gasteiger charge is -2.13. The Morgan fingerprint density at radius 3 is 3.16 bits per heavy atom. The van der Waals surface area contributed by atoms with Gasteiger partial charge in [-0.05, 0) is 46.2 Å². The molecule has 6 heteroatoms. The van der Waals surface area contributed by atoms with E-state index in [0.29, 0.717) is 16.9 Å². The van der Waals surface area contributed by atoms with E-state index in [2.05, 4.69) is 33.3 Å². The molecular formula is C13H20BrN3OS. The molecule has 0 aliphatic carbocycles. The number of aromatic nitrogens is 2. The lowest BCUT2D eigenvalue weighted by Crippen LogP contribution is -2.25. The van der Waals surface area contributed by atoms with Gasteiger partial charge in [0.2, 0.25) is 0 Å². The van der Waals surface area contributed by atoms with E-state index in [1.807, 2.05) is 11.8 Å². The van der Waals surface area contributed by atoms with Crippen molar-refractivity contribution in [3.05, 3.63) is 21.0 Å². The van der Waals surface area contributed by atoms with Gasteiger partial charge < -0.3 is 5.32 Å². The summed E-state index contributed by atoms with van der Waals surface area (Å²) in [6, 6.07) is 0. The van der Waals surface area contributed by atoms with E-state index in [9.17, 15) is 4.79 Å². The summed E-state index contributed by atoms with van der Waals surface area (Å²) in [5.74, 6) is 3.18. The summed E-state index contributed by atoms with van der Waals surface area (Å²) in [4.78, 5) is 12.1. The second-order valence-electron chi connectivity index (χ2n) is 4.86. The quantitative estimate of drug-likeness (QED) is 0.860. The van der Waals surface area contributed by atoms with E-state index in [1.54, 1.807) is 6.20 Å². The standard InChI is InChI=1S/C13H20BrN3OS/c1-2-3-5-17-13(18)12(14)11(8-16-17)15-7-10-4-6-19-9-10/h8,10,15H,2-7,9H2,1H3. The van der Waals surface area contributed by atoms with Crippen LogP contribution in [-0.4, -0.2) is 27.8 Å². The molecule has 1 unspecified atom stereocenters. The molecule has 1 atom stereocenters. The topological polar surface area (TPSA) is 46.9 Å². The fraction of sp³-hybridized carbons (Fsp3) is 0.692. The number of unbranched alkanes of at least 4 members (excludes halogenated alkanes) is 1. The highest BCUT2D eigenvalue weighted by molar-refractivity contribution is 9.10. The van der Waals surface area contributed by atoms with Gasteiger partial charge in [-0.3, -0.25) is 4.79 Å². The van der Waals surface area contributed by atoms with Gasteiger partial charge in [-0.25, -0.2) is 4.68 Å². The van der Waals surface area contributed by atoms with Crippen LogP contribution in [0.1, 0.15) is 26.2 Å². The fourth-order valence-electron chi connectivity index (χ4n) is 2.05. The van der Waals surface area contributed by atoms with Gasteiger partial charge in [-0.2, -0.15) is 16.9 Å². The van der Waals surface area contributed by atoms with Crippen molar-refractivity contribution in [1.29, 1.82) is 0 Å². The third-order valence-electron chi connectivity index (χ3n) is 3.31. The molecule has 1 aliphatic heterocycles. The van der Waals surface area contributed by atoms with Crippen LogP contribution >= 0.6 is 27.7 Å². The molecule has 0 saturated carbocycles. The molecule has 1 fully saturated rings. The van der Waals surface area contributed by atoms with E-state index in [1.165, 1.54) is 22.6 Å². The van der Waals surface area contributed by atoms with Crippen LogP contribution in [-0.2, 0) is 6.54 Å². The van der Waals surface area contributed by atoms with Crippen LogP contribution in [0.15, 0.2) is 15.5 Å². The Bertz CT molecular complexity index is 471. The molecule has 1 aromatic rings. The van der Waals surface area contributed by atoms with Gasteiger partial charge >= 0.3 is 0 Å². The lowest BCUT2D eigenvalue weighted by molar-refractivity contribution is 0.540. The summed E-state index contributed by atoms with van der Waals surface area (Å²) in [5, 5.41) is 7.57. The summed E-state index contributed by atoms with van der Waals surface area (Å²) < 4.78 is 2.13. The predicted molar refractivity (Wildman–Crippen MR) is 85.0 cm³/mol. The molecule has 1 saturated heterocycles. The van der Waals surface area contributed by atoms with Gasteiger partial charge in [-0.1, -0.05) is 13.3 Å². The van der Waals surface area contributed by atoms with E-state index in [4.69, 9.17) is 0 Å². The first-order valence-corrected chi connectivity index (χ1v) is 8.74. The highest BCUT2D eigenvalue weighted by Crippen LogP contribution is 2.24. The molecule has 1 aliphatic rings. The number of hydrogen-bond acceptors (Lipinski definition) is 4. The third kappa shape index (κ3) is 3.99. The number of aryl methyl sites for hydroxylation is 1. The molecule has 0 radical (unpaired) electrons. The van der Waals surface area contributed by atoms with Gasteiger partial charge in [0.15, 0.2) is 0 Å². The summed E-state index contributed by atoms with van der Waals surface area (Å²) in [7, 11) is 0. The first kappa shape index (κ1) is 14.9. The number of anilines is 1. The fourth-order valence-corrected chi connectivity index (χ4v) is 3.79. The zero-order valence-electron chi connectivity index (χ0n) is 11.2. The van der Waals surface area contributed by atoms with Crippen molar-refractivity contribution in [1.82, 2.24) is 9.78 Å². The normalized spacial score (nSPS) is 18.7. The van der Waals surface area contributed by atoms with Crippen LogP contribution in [0.3, 0.4) is 0 Å². The summed E-state index contributed by atoms with van der Waals surface area (Å²) >= 11 is 5.39. The highest BCUT2D eigenvalue weighted by atomic mass is 79.9. The maximum Gasteiger partial charge on any atom is 0.283 e. The van der Waals surface area contributed by atoms with Crippen LogP contribution in [0.2, 0.25) is 0 Å². The zero-order valence-corrected chi connectivity index (χ0v) is 13.6. The summed E-state index contributed by atoms with van der Waals surface area (Å²) in [6.07, 6.45) is 5.05. The maximum atomic E-state index is 12.1. The number of nitrogens with one attached hydrogen (secondary N) is 1. The second-order valence-corrected chi connectivity index (χ2v) is 6.81. The van der Waals surface area contributed by atoms with Crippen molar-refractivity contribution in [2.75, 3.05) is 23.4 Å². The SMILES string of the molecule is CCCCn1ncc(NCC2CCSC2)c(Br)c1=O. The van der Waals surface area contributed by atoms with Gasteiger partial charge in [-0.15, -0.1) is 0 Å². The molecular weight excluding hydrogens is 326 g/mol. The van der Waals surface area contributed by atoms with Crippen molar-refractivity contribution in [2.24, 2.45) is 5.92 Å². The molecule has 2 rings (SSSR count). The molecule has 0 aromatic carbocycles. The molecule has 0 spiro atoms. The number of hydrogen-bond donors (Lipinski definition) is 1. The minimum Gasteiger partial charge on any atom is -0.382 e. The smallest absolute Gasteiger partial charge is 0.283 e. The molecule has 4 nitrogen and oxygen atoms in total. The van der Waals surface area contributed by atoms with Crippen molar-refractivity contribution in [3.8, 4) is 0 Å². The van der Waals surface area contributed by atoms with E-state index < -0.39 is 0 Å². The first-order valence-electron chi connectivity index (χ1n) is 6.79. The molecule has 0 bridgehead atoms. The van der Waals surface area contributed by atoms with Crippen molar-refractivity contribution in [2.45, 2.75) is 32.7 Å². The minimum absolute atomic E-state index is 0.0424. The van der Waals surface area contributed by atoms with Gasteiger partial charge in [0.25, 0.3) is 5.56 Å². The number of thioether (sulfide) groups is 1. The van der Waals surface area contributed by atoms with Gasteiger partial charge in [0.05, 0.1) is 11.9 Å². The molecule has 2 heterocycles. The Morgan fingerprint density at radius 1 is 1.63 bits per heavy atom. The predicted octanol–water partition coefficient (Wildman–Crippen LogP) is 2.97. The summed E-state index contributed by atoms with van der Waals surface area (Å²) in [5.41, 5.74) is 0.772. The summed E-state index contributed by atoms with van der Waals surface area (Å²) in [6.45, 7) is 3.72. The van der Waals surface area contributed by atoms with Crippen molar-refractivity contribution >= 4 is 33.4 Å². The average molecular weight is 346 g/mol. The molecule has 106 valence electrons. The Morgan fingerprint density at radius 2 is 2.47 bits per heavy atom.